The molecule has 4 bridgehead atoms. The summed E-state index contributed by atoms with van der Waals surface area (Å²) >= 11 is 0. The van der Waals surface area contributed by atoms with Crippen LogP contribution in [0.15, 0.2) is 73.3 Å². The first-order valence-electron chi connectivity index (χ1n) is 17.0. The molecule has 8 nitrogen and oxygen atoms in total. The van der Waals surface area contributed by atoms with Crippen molar-refractivity contribution in [1.29, 1.82) is 0 Å². The van der Waals surface area contributed by atoms with Crippen molar-refractivity contribution in [1.82, 2.24) is 15.2 Å². The summed E-state index contributed by atoms with van der Waals surface area (Å²) in [7, 11) is 0. The zero-order valence-corrected chi connectivity index (χ0v) is 27.5. The van der Waals surface area contributed by atoms with E-state index in [1.807, 2.05) is 61.5 Å². The van der Waals surface area contributed by atoms with E-state index in [9.17, 15) is 14.4 Å². The van der Waals surface area contributed by atoms with E-state index in [1.54, 1.807) is 4.90 Å². The lowest BCUT2D eigenvalue weighted by molar-refractivity contribution is -0.150. The maximum Gasteiger partial charge on any atom is 0.306 e. The van der Waals surface area contributed by atoms with Crippen LogP contribution in [0.2, 0.25) is 0 Å². The summed E-state index contributed by atoms with van der Waals surface area (Å²) in [5.74, 6) is -0.481. The minimum Gasteiger partial charge on any atom is -0.488 e. The van der Waals surface area contributed by atoms with Gasteiger partial charge in [-0.05, 0) is 50.3 Å². The van der Waals surface area contributed by atoms with Crippen LogP contribution in [-0.2, 0) is 19.1 Å². The highest BCUT2D eigenvalue weighted by molar-refractivity contribution is 5.92. The van der Waals surface area contributed by atoms with Gasteiger partial charge in [-0.25, -0.2) is 4.98 Å². The Hall–Kier alpha value is -4.46. The van der Waals surface area contributed by atoms with E-state index in [1.165, 1.54) is 0 Å². The van der Waals surface area contributed by atoms with Gasteiger partial charge in [0.05, 0.1) is 30.8 Å². The third-order valence-electron chi connectivity index (χ3n) is 9.76. The van der Waals surface area contributed by atoms with Crippen molar-refractivity contribution in [3.63, 3.8) is 0 Å². The summed E-state index contributed by atoms with van der Waals surface area (Å²) < 4.78 is 12.3. The predicted octanol–water partition coefficient (Wildman–Crippen LogP) is 6.88. The molecule has 2 fully saturated rings. The van der Waals surface area contributed by atoms with Gasteiger partial charge in [-0.1, -0.05) is 74.4 Å². The summed E-state index contributed by atoms with van der Waals surface area (Å²) in [4.78, 5) is 47.7. The fraction of sp³-hybridized carbons (Fsp3) is 0.436. The summed E-state index contributed by atoms with van der Waals surface area (Å²) in [6.07, 6.45) is 10.4. The molecular weight excluding hydrogens is 590 g/mol. The quantitative estimate of drug-likeness (QED) is 0.225. The number of esters is 1. The van der Waals surface area contributed by atoms with E-state index in [0.29, 0.717) is 31.6 Å². The van der Waals surface area contributed by atoms with Crippen molar-refractivity contribution < 1.29 is 23.9 Å². The van der Waals surface area contributed by atoms with Crippen LogP contribution in [-0.4, -0.2) is 58.5 Å². The fourth-order valence-electron chi connectivity index (χ4n) is 6.84. The SMILES string of the molecule is C=C[C@@H]1C[C@@]1(C)NC(=O)[C@@H]1C[C@@H]2CN1C(=O)[C@H](CCCC)CC(=O)OCCC/C=C/c1ccc3nc(-c4ccccc4)cc(c3c1)O2. The third kappa shape index (κ3) is 7.42. The number of carbonyl (C=O) groups is 3. The number of ether oxygens (including phenoxy) is 2. The highest BCUT2D eigenvalue weighted by Crippen LogP contribution is 2.44. The van der Waals surface area contributed by atoms with Crippen molar-refractivity contribution in [2.75, 3.05) is 13.2 Å². The van der Waals surface area contributed by atoms with Crippen LogP contribution < -0.4 is 10.1 Å². The van der Waals surface area contributed by atoms with E-state index >= 15 is 0 Å². The molecular formula is C39H45N3O5. The topological polar surface area (TPSA) is 97.8 Å². The Bertz CT molecular complexity index is 1670. The van der Waals surface area contributed by atoms with E-state index in [0.717, 1.165) is 53.4 Å². The van der Waals surface area contributed by atoms with Crippen molar-refractivity contribution in [3.8, 4) is 17.0 Å². The van der Waals surface area contributed by atoms with Gasteiger partial charge in [-0.2, -0.15) is 0 Å². The number of hydrogen-bond donors (Lipinski definition) is 1. The first-order valence-corrected chi connectivity index (χ1v) is 17.0. The molecule has 5 atom stereocenters. The lowest BCUT2D eigenvalue weighted by atomic mass is 9.96. The molecule has 1 saturated heterocycles. The summed E-state index contributed by atoms with van der Waals surface area (Å²) in [5.41, 5.74) is 3.19. The number of allylic oxidation sites excluding steroid dienone is 1. The number of cyclic esters (lactones) is 1. The van der Waals surface area contributed by atoms with Gasteiger partial charge in [0.2, 0.25) is 11.8 Å². The number of carbonyl (C=O) groups excluding carboxylic acids is 3. The molecule has 2 aliphatic heterocycles. The van der Waals surface area contributed by atoms with E-state index < -0.39 is 18.1 Å². The molecule has 3 aromatic rings. The first kappa shape index (κ1) is 32.5. The molecule has 1 saturated carbocycles. The van der Waals surface area contributed by atoms with Gasteiger partial charge in [0.15, 0.2) is 0 Å². The van der Waals surface area contributed by atoms with Crippen LogP contribution >= 0.6 is 0 Å². The third-order valence-corrected chi connectivity index (χ3v) is 9.76. The predicted molar refractivity (Wildman–Crippen MR) is 183 cm³/mol. The molecule has 0 radical (unpaired) electrons. The number of unbranched alkanes of at least 4 members (excludes halogenated alkanes) is 1. The molecule has 6 rings (SSSR count). The largest absolute Gasteiger partial charge is 0.488 e. The molecule has 2 amide bonds. The Kier molecular flexibility index (Phi) is 9.76. The summed E-state index contributed by atoms with van der Waals surface area (Å²) in [6, 6.07) is 17.3. The Balaban J connectivity index is 1.38. The van der Waals surface area contributed by atoms with Crippen LogP contribution in [0.3, 0.4) is 0 Å². The Morgan fingerprint density at radius 1 is 1.17 bits per heavy atom. The van der Waals surface area contributed by atoms with Gasteiger partial charge in [-0.15, -0.1) is 6.58 Å². The van der Waals surface area contributed by atoms with E-state index in [4.69, 9.17) is 14.5 Å². The van der Waals surface area contributed by atoms with Crippen molar-refractivity contribution in [3.05, 3.63) is 78.9 Å². The molecule has 1 N–H and O–H groups in total. The average molecular weight is 636 g/mol. The molecule has 2 aromatic carbocycles. The normalized spacial score (nSPS) is 27.0. The molecule has 0 unspecified atom stereocenters. The van der Waals surface area contributed by atoms with Crippen LogP contribution in [0, 0.1) is 11.8 Å². The highest BCUT2D eigenvalue weighted by atomic mass is 16.5. The van der Waals surface area contributed by atoms with Gasteiger partial charge in [0.1, 0.15) is 17.9 Å². The maximum atomic E-state index is 14.3. The molecule has 47 heavy (non-hydrogen) atoms. The number of benzene rings is 2. The molecule has 3 aliphatic rings. The van der Waals surface area contributed by atoms with Crippen LogP contribution in [0.4, 0.5) is 0 Å². The van der Waals surface area contributed by atoms with Crippen molar-refractivity contribution in [2.45, 2.75) is 82.9 Å². The molecule has 8 heteroatoms. The molecule has 0 spiro atoms. The van der Waals surface area contributed by atoms with Gasteiger partial charge >= 0.3 is 5.97 Å². The monoisotopic (exact) mass is 635 g/mol. The van der Waals surface area contributed by atoms with Gasteiger partial charge in [-0.3, -0.25) is 14.4 Å². The highest BCUT2D eigenvalue weighted by Gasteiger charge is 2.52. The van der Waals surface area contributed by atoms with Gasteiger partial charge in [0.25, 0.3) is 0 Å². The van der Waals surface area contributed by atoms with Crippen LogP contribution in [0.1, 0.15) is 70.8 Å². The number of aromatic nitrogens is 1. The average Bonchev–Trinajstić information content (AvgIpc) is 3.53. The number of hydrogen-bond acceptors (Lipinski definition) is 6. The minimum absolute atomic E-state index is 0.00271. The number of fused-ring (bicyclic) bond motifs is 3. The van der Waals surface area contributed by atoms with Crippen LogP contribution in [0.25, 0.3) is 28.2 Å². The number of amides is 2. The lowest BCUT2D eigenvalue weighted by Crippen LogP contribution is -2.51. The van der Waals surface area contributed by atoms with Crippen LogP contribution in [0.5, 0.6) is 5.75 Å². The zero-order valence-electron chi connectivity index (χ0n) is 27.5. The van der Waals surface area contributed by atoms with Gasteiger partial charge in [0, 0.05) is 40.8 Å². The minimum atomic E-state index is -0.724. The maximum absolute atomic E-state index is 14.3. The second kappa shape index (κ2) is 14.1. The van der Waals surface area contributed by atoms with E-state index in [-0.39, 0.29) is 42.2 Å². The summed E-state index contributed by atoms with van der Waals surface area (Å²) in [6.45, 7) is 8.51. The zero-order chi connectivity index (χ0) is 33.0. The van der Waals surface area contributed by atoms with Crippen molar-refractivity contribution in [2.24, 2.45) is 11.8 Å². The number of nitrogens with zero attached hydrogens (tertiary/aromatic N) is 2. The van der Waals surface area contributed by atoms with Gasteiger partial charge < -0.3 is 19.7 Å². The fourth-order valence-corrected chi connectivity index (χ4v) is 6.84. The number of rotatable bonds is 7. The Morgan fingerprint density at radius 2 is 2.00 bits per heavy atom. The number of nitrogens with one attached hydrogen (secondary N) is 1. The second-order valence-corrected chi connectivity index (χ2v) is 13.4. The standard InChI is InChI=1S/C39H45N3O5/c1-4-6-14-28-21-36(43)46-19-12-8-9-13-26-17-18-32-31(20-26)35(23-33(40-32)27-15-10-7-11-16-27)47-30-22-34(42(25-30)38(28)45)37(44)41-39(3)24-29(39)5-2/h5,7,9-11,13,15-18,20,23,28-30,34H,2,4,6,8,12,14,19,21-22,24-25H2,1,3H3,(H,41,44)/b13-9+/t28-,29-,30-,34+,39-/m1/s1. The molecule has 246 valence electrons. The smallest absolute Gasteiger partial charge is 0.306 e. The lowest BCUT2D eigenvalue weighted by Gasteiger charge is -2.29. The molecule has 1 aromatic heterocycles. The molecule has 1 aliphatic carbocycles. The molecule has 3 heterocycles. The van der Waals surface area contributed by atoms with Crippen molar-refractivity contribution >= 4 is 34.8 Å². The Morgan fingerprint density at radius 3 is 2.77 bits per heavy atom. The first-order chi connectivity index (χ1) is 22.8. The Labute approximate surface area is 277 Å². The number of pyridine rings is 1. The van der Waals surface area contributed by atoms with E-state index in [2.05, 4.69) is 37.0 Å². The summed E-state index contributed by atoms with van der Waals surface area (Å²) in [5, 5.41) is 4.07. The second-order valence-electron chi connectivity index (χ2n) is 13.4.